The summed E-state index contributed by atoms with van der Waals surface area (Å²) >= 11 is 0. The van der Waals surface area contributed by atoms with Crippen LogP contribution in [0.5, 0.6) is 0 Å². The minimum absolute atomic E-state index is 0. The normalized spacial score (nSPS) is 36.1. The second kappa shape index (κ2) is 7.41. The number of rotatable bonds is 4. The van der Waals surface area contributed by atoms with Crippen LogP contribution in [0.4, 0.5) is 0 Å². The van der Waals surface area contributed by atoms with Crippen molar-refractivity contribution in [3.05, 3.63) is 0 Å². The molecule has 3 heterocycles. The highest BCUT2D eigenvalue weighted by atomic mass is 35.5. The predicted octanol–water partition coefficient (Wildman–Crippen LogP) is 1.06. The number of ether oxygens (including phenoxy) is 1. The van der Waals surface area contributed by atoms with Gasteiger partial charge in [0.1, 0.15) is 0 Å². The van der Waals surface area contributed by atoms with Crippen LogP contribution < -0.4 is 5.32 Å². The quantitative estimate of drug-likeness (QED) is 0.840. The highest BCUT2D eigenvalue weighted by Crippen LogP contribution is 2.28. The molecule has 118 valence electrons. The molecule has 5 heteroatoms. The first-order valence-corrected chi connectivity index (χ1v) is 7.97. The van der Waals surface area contributed by atoms with Crippen LogP contribution in [0.15, 0.2) is 0 Å². The topological polar surface area (TPSA) is 27.7 Å². The maximum Gasteiger partial charge on any atom is 0.0594 e. The Kier molecular flexibility index (Phi) is 6.11. The Morgan fingerprint density at radius 2 is 2.00 bits per heavy atom. The molecule has 0 saturated carbocycles. The van der Waals surface area contributed by atoms with Gasteiger partial charge in [-0.2, -0.15) is 0 Å². The molecule has 3 aliphatic rings. The fourth-order valence-corrected chi connectivity index (χ4v) is 3.90. The van der Waals surface area contributed by atoms with E-state index < -0.39 is 0 Å². The lowest BCUT2D eigenvalue weighted by atomic mass is 9.89. The average molecular weight is 304 g/mol. The number of nitrogens with one attached hydrogen (secondary N) is 1. The molecule has 3 fully saturated rings. The Hall–Kier alpha value is 0.130. The number of hydrogen-bond acceptors (Lipinski definition) is 4. The zero-order valence-electron chi connectivity index (χ0n) is 12.8. The predicted molar refractivity (Wildman–Crippen MR) is 84.6 cm³/mol. The van der Waals surface area contributed by atoms with E-state index in [9.17, 15) is 0 Å². The lowest BCUT2D eigenvalue weighted by Gasteiger charge is -2.31. The molecule has 2 atom stereocenters. The minimum Gasteiger partial charge on any atom is -0.379 e. The summed E-state index contributed by atoms with van der Waals surface area (Å²) in [5.74, 6) is 0.885. The van der Waals surface area contributed by atoms with Crippen molar-refractivity contribution in [1.29, 1.82) is 0 Å². The molecule has 1 N–H and O–H groups in total. The van der Waals surface area contributed by atoms with Crippen molar-refractivity contribution in [2.75, 3.05) is 65.6 Å². The van der Waals surface area contributed by atoms with E-state index in [4.69, 9.17) is 4.74 Å². The third-order valence-corrected chi connectivity index (χ3v) is 5.05. The lowest BCUT2D eigenvalue weighted by Crippen LogP contribution is -2.40. The number of hydrogen-bond donors (Lipinski definition) is 1. The van der Waals surface area contributed by atoms with Gasteiger partial charge in [-0.1, -0.05) is 6.92 Å². The largest absolute Gasteiger partial charge is 0.379 e. The summed E-state index contributed by atoms with van der Waals surface area (Å²) in [4.78, 5) is 5.30. The Balaban J connectivity index is 0.00000147. The number of likely N-dealkylation sites (tertiary alicyclic amines) is 1. The summed E-state index contributed by atoms with van der Waals surface area (Å²) in [6.07, 6.45) is 2.73. The van der Waals surface area contributed by atoms with Gasteiger partial charge < -0.3 is 15.0 Å². The van der Waals surface area contributed by atoms with Gasteiger partial charge in [0.15, 0.2) is 0 Å². The molecule has 3 saturated heterocycles. The average Bonchev–Trinajstić information content (AvgIpc) is 3.01. The molecule has 0 aliphatic carbocycles. The second-order valence-corrected chi connectivity index (χ2v) is 7.04. The van der Waals surface area contributed by atoms with E-state index in [0.717, 1.165) is 32.2 Å². The van der Waals surface area contributed by atoms with Crippen LogP contribution in [0.2, 0.25) is 0 Å². The van der Waals surface area contributed by atoms with Crippen molar-refractivity contribution < 1.29 is 4.74 Å². The highest BCUT2D eigenvalue weighted by molar-refractivity contribution is 5.85. The van der Waals surface area contributed by atoms with Crippen LogP contribution in [0.1, 0.15) is 19.8 Å². The van der Waals surface area contributed by atoms with E-state index >= 15 is 0 Å². The zero-order valence-corrected chi connectivity index (χ0v) is 13.6. The first-order chi connectivity index (χ1) is 9.23. The summed E-state index contributed by atoms with van der Waals surface area (Å²) in [7, 11) is 0. The summed E-state index contributed by atoms with van der Waals surface area (Å²) in [6.45, 7) is 14.2. The molecular formula is C15H30ClN3O. The molecule has 20 heavy (non-hydrogen) atoms. The van der Waals surface area contributed by atoms with Crippen molar-refractivity contribution in [2.45, 2.75) is 19.8 Å². The number of halogens is 1. The second-order valence-electron chi connectivity index (χ2n) is 7.04. The molecule has 0 radical (unpaired) electrons. The van der Waals surface area contributed by atoms with Gasteiger partial charge in [-0.05, 0) is 37.3 Å². The van der Waals surface area contributed by atoms with Crippen molar-refractivity contribution in [3.8, 4) is 0 Å². The summed E-state index contributed by atoms with van der Waals surface area (Å²) < 4.78 is 5.43. The van der Waals surface area contributed by atoms with Crippen LogP contribution in [-0.4, -0.2) is 75.4 Å². The first-order valence-electron chi connectivity index (χ1n) is 7.97. The molecule has 0 aromatic rings. The Morgan fingerprint density at radius 1 is 1.20 bits per heavy atom. The molecule has 3 rings (SSSR count). The van der Waals surface area contributed by atoms with Crippen LogP contribution in [0, 0.1) is 11.3 Å². The molecular weight excluding hydrogens is 274 g/mol. The first kappa shape index (κ1) is 16.5. The fraction of sp³-hybridized carbons (Fsp3) is 1.00. The molecule has 0 bridgehead atoms. The van der Waals surface area contributed by atoms with E-state index in [0.29, 0.717) is 5.41 Å². The molecule has 0 spiro atoms. The Bertz CT molecular complexity index is 291. The number of nitrogens with zero attached hydrogens (tertiary/aromatic N) is 2. The summed E-state index contributed by atoms with van der Waals surface area (Å²) in [6, 6.07) is 0. The van der Waals surface area contributed by atoms with Crippen LogP contribution in [0.25, 0.3) is 0 Å². The zero-order chi connectivity index (χ0) is 13.1. The molecule has 0 aromatic heterocycles. The van der Waals surface area contributed by atoms with E-state index in [-0.39, 0.29) is 12.4 Å². The van der Waals surface area contributed by atoms with Gasteiger partial charge in [0.2, 0.25) is 0 Å². The standard InChI is InChI=1S/C15H29N3O.ClH/c1-15(3-4-16-12-15)13-18-5-2-14(11-18)10-17-6-8-19-9-7-17;/h14,16H,2-13H2,1H3;1H. The lowest BCUT2D eigenvalue weighted by molar-refractivity contribution is 0.0309. The van der Waals surface area contributed by atoms with E-state index in [1.54, 1.807) is 0 Å². The fourth-order valence-electron chi connectivity index (χ4n) is 3.90. The van der Waals surface area contributed by atoms with Crippen LogP contribution >= 0.6 is 12.4 Å². The van der Waals surface area contributed by atoms with Gasteiger partial charge >= 0.3 is 0 Å². The Labute approximate surface area is 129 Å². The van der Waals surface area contributed by atoms with Crippen LogP contribution in [0.3, 0.4) is 0 Å². The van der Waals surface area contributed by atoms with Crippen LogP contribution in [-0.2, 0) is 4.74 Å². The minimum atomic E-state index is 0. The monoisotopic (exact) mass is 303 g/mol. The maximum atomic E-state index is 5.43. The van der Waals surface area contributed by atoms with Crippen molar-refractivity contribution in [3.63, 3.8) is 0 Å². The van der Waals surface area contributed by atoms with Crippen molar-refractivity contribution in [2.24, 2.45) is 11.3 Å². The molecule has 0 aromatic carbocycles. The van der Waals surface area contributed by atoms with Gasteiger partial charge in [0.05, 0.1) is 13.2 Å². The SMILES string of the molecule is CC1(CN2CCC(CN3CCOCC3)C2)CCNC1.Cl. The summed E-state index contributed by atoms with van der Waals surface area (Å²) in [5, 5.41) is 3.51. The van der Waals surface area contributed by atoms with Gasteiger partial charge in [-0.3, -0.25) is 4.90 Å². The van der Waals surface area contributed by atoms with E-state index in [1.807, 2.05) is 0 Å². The summed E-state index contributed by atoms with van der Waals surface area (Å²) in [5.41, 5.74) is 0.522. The molecule has 2 unspecified atom stereocenters. The van der Waals surface area contributed by atoms with Crippen molar-refractivity contribution in [1.82, 2.24) is 15.1 Å². The third-order valence-electron chi connectivity index (χ3n) is 5.05. The van der Waals surface area contributed by atoms with Crippen molar-refractivity contribution >= 4 is 12.4 Å². The molecule has 3 aliphatic heterocycles. The van der Waals surface area contributed by atoms with Gasteiger partial charge in [0.25, 0.3) is 0 Å². The van der Waals surface area contributed by atoms with E-state index in [2.05, 4.69) is 22.0 Å². The third kappa shape index (κ3) is 4.31. The Morgan fingerprint density at radius 3 is 2.70 bits per heavy atom. The number of morpholine rings is 1. The smallest absolute Gasteiger partial charge is 0.0594 e. The van der Waals surface area contributed by atoms with Gasteiger partial charge in [-0.15, -0.1) is 12.4 Å². The van der Waals surface area contributed by atoms with Gasteiger partial charge in [0, 0.05) is 39.3 Å². The maximum absolute atomic E-state index is 5.43. The van der Waals surface area contributed by atoms with Gasteiger partial charge in [-0.25, -0.2) is 0 Å². The highest BCUT2D eigenvalue weighted by Gasteiger charge is 2.33. The van der Waals surface area contributed by atoms with E-state index in [1.165, 1.54) is 52.1 Å². The molecule has 4 nitrogen and oxygen atoms in total. The molecule has 0 amide bonds.